The Kier molecular flexibility index (Phi) is 4.50. The van der Waals surface area contributed by atoms with Crippen molar-refractivity contribution in [1.82, 2.24) is 0 Å². The molecule has 1 aliphatic heterocycles. The summed E-state index contributed by atoms with van der Waals surface area (Å²) < 4.78 is 21.0. The van der Waals surface area contributed by atoms with Crippen molar-refractivity contribution in [2.45, 2.75) is 38.3 Å². The summed E-state index contributed by atoms with van der Waals surface area (Å²) in [5, 5.41) is 0. The topological polar surface area (TPSA) is 54.0 Å². The van der Waals surface area contributed by atoms with Gasteiger partial charge in [-0.25, -0.2) is 0 Å². The molecule has 0 bridgehead atoms. The van der Waals surface area contributed by atoms with Gasteiger partial charge in [-0.3, -0.25) is 4.79 Å². The van der Waals surface area contributed by atoms with Crippen molar-refractivity contribution in [2.75, 3.05) is 20.8 Å². The number of hydrogen-bond donors (Lipinski definition) is 0. The molecule has 0 saturated carbocycles. The molecule has 0 radical (unpaired) electrons. The maximum absolute atomic E-state index is 10.9. The first-order valence-corrected chi connectivity index (χ1v) is 4.94. The summed E-state index contributed by atoms with van der Waals surface area (Å²) in [4.78, 5) is 10.9. The van der Waals surface area contributed by atoms with E-state index < -0.39 is 0 Å². The van der Waals surface area contributed by atoms with Gasteiger partial charge < -0.3 is 18.9 Å². The lowest BCUT2D eigenvalue weighted by Crippen LogP contribution is -2.41. The average Bonchev–Trinajstić information content (AvgIpc) is 2.59. The van der Waals surface area contributed by atoms with Crippen LogP contribution < -0.4 is 0 Å². The van der Waals surface area contributed by atoms with E-state index in [0.717, 1.165) is 0 Å². The predicted octanol–water partition coefficient (Wildman–Crippen LogP) is 0.367. The van der Waals surface area contributed by atoms with Crippen LogP contribution in [0.1, 0.15) is 13.8 Å². The minimum Gasteiger partial charge on any atom is -0.457 e. The molecule has 1 aliphatic rings. The average molecular weight is 218 g/mol. The fourth-order valence-electron chi connectivity index (χ4n) is 1.68. The smallest absolute Gasteiger partial charge is 0.303 e. The van der Waals surface area contributed by atoms with E-state index in [1.165, 1.54) is 6.92 Å². The van der Waals surface area contributed by atoms with Gasteiger partial charge in [-0.05, 0) is 6.92 Å². The summed E-state index contributed by atoms with van der Waals surface area (Å²) in [5.41, 5.74) is 0. The molecule has 15 heavy (non-hydrogen) atoms. The Balaban J connectivity index is 2.66. The Labute approximate surface area is 89.6 Å². The van der Waals surface area contributed by atoms with Gasteiger partial charge in [0.05, 0.1) is 12.7 Å². The van der Waals surface area contributed by atoms with Crippen LogP contribution in [0.15, 0.2) is 0 Å². The summed E-state index contributed by atoms with van der Waals surface area (Å²) in [7, 11) is 3.17. The highest BCUT2D eigenvalue weighted by molar-refractivity contribution is 5.66. The van der Waals surface area contributed by atoms with Gasteiger partial charge in [-0.1, -0.05) is 0 Å². The number of hydrogen-bond acceptors (Lipinski definition) is 5. The Hall–Kier alpha value is -0.650. The molecule has 1 heterocycles. The van der Waals surface area contributed by atoms with Gasteiger partial charge >= 0.3 is 5.97 Å². The fraction of sp³-hybridized carbons (Fsp3) is 0.900. The van der Waals surface area contributed by atoms with Crippen molar-refractivity contribution < 1.29 is 23.7 Å². The number of carbonyl (C=O) groups excluding carboxylic acids is 1. The summed E-state index contributed by atoms with van der Waals surface area (Å²) in [6.45, 7) is 3.67. The lowest BCUT2D eigenvalue weighted by atomic mass is 10.1. The van der Waals surface area contributed by atoms with E-state index in [9.17, 15) is 4.79 Å². The van der Waals surface area contributed by atoms with E-state index in [1.807, 2.05) is 6.92 Å². The van der Waals surface area contributed by atoms with Crippen molar-refractivity contribution in [3.05, 3.63) is 0 Å². The van der Waals surface area contributed by atoms with Crippen LogP contribution in [-0.4, -0.2) is 51.2 Å². The van der Waals surface area contributed by atoms with Crippen LogP contribution in [0.5, 0.6) is 0 Å². The van der Waals surface area contributed by atoms with Crippen LogP contribution >= 0.6 is 0 Å². The number of methoxy groups -OCH3 is 2. The van der Waals surface area contributed by atoms with E-state index in [1.54, 1.807) is 14.2 Å². The Bertz CT molecular complexity index is 218. The predicted molar refractivity (Wildman–Crippen MR) is 52.6 cm³/mol. The molecule has 1 rings (SSSR count). The Morgan fingerprint density at radius 1 is 1.47 bits per heavy atom. The van der Waals surface area contributed by atoms with Gasteiger partial charge in [-0.2, -0.15) is 0 Å². The van der Waals surface area contributed by atoms with E-state index in [2.05, 4.69) is 0 Å². The highest BCUT2D eigenvalue weighted by atomic mass is 16.6. The van der Waals surface area contributed by atoms with E-state index in [0.29, 0.717) is 6.61 Å². The Morgan fingerprint density at radius 2 is 2.13 bits per heavy atom. The zero-order valence-electron chi connectivity index (χ0n) is 9.56. The molecule has 5 nitrogen and oxygen atoms in total. The van der Waals surface area contributed by atoms with Crippen molar-refractivity contribution in [3.63, 3.8) is 0 Å². The number of esters is 1. The summed E-state index contributed by atoms with van der Waals surface area (Å²) in [5.74, 6) is -0.333. The molecule has 1 fully saturated rings. The summed E-state index contributed by atoms with van der Waals surface area (Å²) in [6, 6.07) is 0. The minimum absolute atomic E-state index is 0.130. The number of ether oxygens (including phenoxy) is 4. The fourth-order valence-corrected chi connectivity index (χ4v) is 1.68. The standard InChI is InChI=1S/C10H18O5/c1-6(12-3)9-10(15-7(2)11)8(13-4)5-14-9/h6,8-10H,5H2,1-4H3/t6-,8+,9+,10-/m1/s1. The molecule has 0 aliphatic carbocycles. The Morgan fingerprint density at radius 3 is 2.60 bits per heavy atom. The highest BCUT2D eigenvalue weighted by Gasteiger charge is 2.43. The molecule has 0 spiro atoms. The molecular formula is C10H18O5. The maximum atomic E-state index is 10.9. The third kappa shape index (κ3) is 2.90. The van der Waals surface area contributed by atoms with Gasteiger partial charge in [-0.15, -0.1) is 0 Å². The van der Waals surface area contributed by atoms with Crippen LogP contribution in [0.3, 0.4) is 0 Å². The molecule has 1 saturated heterocycles. The van der Waals surface area contributed by atoms with Gasteiger partial charge in [0.2, 0.25) is 0 Å². The first kappa shape index (κ1) is 12.4. The second-order valence-electron chi connectivity index (χ2n) is 3.59. The van der Waals surface area contributed by atoms with Crippen LogP contribution in [0.4, 0.5) is 0 Å². The van der Waals surface area contributed by atoms with E-state index >= 15 is 0 Å². The second-order valence-corrected chi connectivity index (χ2v) is 3.59. The molecule has 5 heteroatoms. The molecule has 4 atom stereocenters. The quantitative estimate of drug-likeness (QED) is 0.638. The molecule has 0 amide bonds. The minimum atomic E-state index is -0.387. The normalized spacial score (nSPS) is 32.7. The molecule has 88 valence electrons. The van der Waals surface area contributed by atoms with Crippen LogP contribution in [0.2, 0.25) is 0 Å². The zero-order chi connectivity index (χ0) is 11.4. The summed E-state index contributed by atoms with van der Waals surface area (Å²) in [6.07, 6.45) is -0.989. The molecular weight excluding hydrogens is 200 g/mol. The monoisotopic (exact) mass is 218 g/mol. The van der Waals surface area contributed by atoms with Crippen molar-refractivity contribution in [3.8, 4) is 0 Å². The number of rotatable bonds is 4. The van der Waals surface area contributed by atoms with Gasteiger partial charge in [0, 0.05) is 21.1 Å². The largest absolute Gasteiger partial charge is 0.457 e. The molecule has 0 N–H and O–H groups in total. The lowest BCUT2D eigenvalue weighted by Gasteiger charge is -2.25. The third-order valence-corrected chi connectivity index (χ3v) is 2.58. The maximum Gasteiger partial charge on any atom is 0.303 e. The second kappa shape index (κ2) is 5.44. The van der Waals surface area contributed by atoms with Crippen LogP contribution in [0, 0.1) is 0 Å². The molecule has 0 aromatic heterocycles. The van der Waals surface area contributed by atoms with Crippen molar-refractivity contribution in [2.24, 2.45) is 0 Å². The number of carbonyl (C=O) groups is 1. The third-order valence-electron chi connectivity index (χ3n) is 2.58. The zero-order valence-corrected chi connectivity index (χ0v) is 9.56. The summed E-state index contributed by atoms with van der Waals surface area (Å²) >= 11 is 0. The lowest BCUT2D eigenvalue weighted by molar-refractivity contribution is -0.157. The van der Waals surface area contributed by atoms with Gasteiger partial charge in [0.15, 0.2) is 6.10 Å². The van der Waals surface area contributed by atoms with E-state index in [-0.39, 0.29) is 30.4 Å². The van der Waals surface area contributed by atoms with Gasteiger partial charge in [0.25, 0.3) is 0 Å². The highest BCUT2D eigenvalue weighted by Crippen LogP contribution is 2.24. The van der Waals surface area contributed by atoms with Crippen molar-refractivity contribution in [1.29, 1.82) is 0 Å². The van der Waals surface area contributed by atoms with E-state index in [4.69, 9.17) is 18.9 Å². The first-order valence-electron chi connectivity index (χ1n) is 4.94. The van der Waals surface area contributed by atoms with Crippen LogP contribution in [0.25, 0.3) is 0 Å². The molecule has 0 aromatic rings. The van der Waals surface area contributed by atoms with Crippen LogP contribution in [-0.2, 0) is 23.7 Å². The molecule has 0 unspecified atom stereocenters. The first-order chi connectivity index (χ1) is 7.10. The molecule has 0 aromatic carbocycles. The SMILES string of the molecule is CO[C@H]1CO[C@@H]([C@@H](C)OC)[C@@H]1OC(C)=O. The van der Waals surface area contributed by atoms with Gasteiger partial charge in [0.1, 0.15) is 12.2 Å². The van der Waals surface area contributed by atoms with Crippen molar-refractivity contribution >= 4 is 5.97 Å².